The number of allylic oxidation sites excluding steroid dienone is 3. The second-order valence-corrected chi connectivity index (χ2v) is 7.23. The molecule has 0 aliphatic carbocycles. The first-order valence-electron chi connectivity index (χ1n) is 8.35. The Morgan fingerprint density at radius 3 is 2.62 bits per heavy atom. The van der Waals surface area contributed by atoms with E-state index < -0.39 is 11.1 Å². The number of aryl methyl sites for hydroxylation is 2. The van der Waals surface area contributed by atoms with Gasteiger partial charge in [-0.05, 0) is 48.4 Å². The Morgan fingerprint density at radius 2 is 1.96 bits per heavy atom. The third kappa shape index (κ3) is 2.29. The minimum Gasteiger partial charge on any atom is -0.302 e. The van der Waals surface area contributed by atoms with Crippen molar-refractivity contribution in [3.8, 4) is 0 Å². The molecule has 0 spiro atoms. The molecule has 0 bridgehead atoms. The lowest BCUT2D eigenvalue weighted by molar-refractivity contribution is 0.412. The van der Waals surface area contributed by atoms with Gasteiger partial charge in [-0.3, -0.25) is 14.2 Å². The van der Waals surface area contributed by atoms with Gasteiger partial charge in [0.15, 0.2) is 0 Å². The summed E-state index contributed by atoms with van der Waals surface area (Å²) in [6.07, 6.45) is 6.17. The zero-order valence-corrected chi connectivity index (χ0v) is 14.8. The second kappa shape index (κ2) is 5.62. The van der Waals surface area contributed by atoms with Crippen LogP contribution in [0.25, 0.3) is 11.0 Å². The van der Waals surface area contributed by atoms with Gasteiger partial charge in [-0.15, -0.1) is 0 Å². The number of hydrogen-bond donors (Lipinski definition) is 0. The highest BCUT2D eigenvalue weighted by molar-refractivity contribution is 5.83. The van der Waals surface area contributed by atoms with E-state index in [1.54, 1.807) is 21.3 Å². The van der Waals surface area contributed by atoms with E-state index in [1.165, 1.54) is 11.1 Å². The lowest BCUT2D eigenvalue weighted by Crippen LogP contribution is -2.45. The summed E-state index contributed by atoms with van der Waals surface area (Å²) in [7, 11) is 0. The van der Waals surface area contributed by atoms with Gasteiger partial charge in [-0.1, -0.05) is 38.7 Å². The van der Waals surface area contributed by atoms with Gasteiger partial charge in [0.05, 0.1) is 11.0 Å². The maximum Gasteiger partial charge on any atom is 0.317 e. The van der Waals surface area contributed by atoms with E-state index in [2.05, 4.69) is 34.3 Å². The van der Waals surface area contributed by atoms with Crippen LogP contribution >= 0.6 is 0 Å². The average Bonchev–Trinajstić information content (AvgIpc) is 2.52. The minimum atomic E-state index is -0.454. The quantitative estimate of drug-likeness (QED) is 0.643. The van der Waals surface area contributed by atoms with E-state index >= 15 is 0 Å². The van der Waals surface area contributed by atoms with Crippen molar-refractivity contribution in [1.29, 1.82) is 0 Å². The van der Waals surface area contributed by atoms with Crippen molar-refractivity contribution < 1.29 is 0 Å². The van der Waals surface area contributed by atoms with Gasteiger partial charge in [-0.2, -0.15) is 0 Å². The van der Waals surface area contributed by atoms with E-state index in [1.807, 2.05) is 12.1 Å². The Kier molecular flexibility index (Phi) is 3.86. The van der Waals surface area contributed by atoms with Crippen LogP contribution in [-0.4, -0.2) is 9.13 Å². The zero-order valence-electron chi connectivity index (χ0n) is 14.8. The monoisotopic (exact) mass is 324 g/mol. The SMILES string of the molecule is C=CC=CCn1c(=O)c(=O)n2c3c(c(C)c(C)cc31)C(C)(C)CC2. The van der Waals surface area contributed by atoms with E-state index in [0.29, 0.717) is 13.1 Å². The molecule has 0 radical (unpaired) electrons. The van der Waals surface area contributed by atoms with Crippen molar-refractivity contribution in [3.63, 3.8) is 0 Å². The highest BCUT2D eigenvalue weighted by Crippen LogP contribution is 2.39. The molecule has 1 aliphatic heterocycles. The van der Waals surface area contributed by atoms with Crippen LogP contribution in [0.5, 0.6) is 0 Å². The van der Waals surface area contributed by atoms with E-state index in [0.717, 1.165) is 23.0 Å². The first kappa shape index (κ1) is 16.5. The van der Waals surface area contributed by atoms with Crippen LogP contribution in [0, 0.1) is 13.8 Å². The first-order chi connectivity index (χ1) is 11.3. The minimum absolute atomic E-state index is 0.0139. The molecule has 0 fully saturated rings. The summed E-state index contributed by atoms with van der Waals surface area (Å²) in [5, 5.41) is 0. The van der Waals surface area contributed by atoms with Gasteiger partial charge < -0.3 is 4.57 Å². The number of benzene rings is 1. The number of aromatic nitrogens is 2. The molecule has 0 N–H and O–H groups in total. The summed E-state index contributed by atoms with van der Waals surface area (Å²) in [6, 6.07) is 2.04. The molecule has 0 amide bonds. The van der Waals surface area contributed by atoms with Crippen molar-refractivity contribution in [3.05, 3.63) is 68.3 Å². The standard InChI is InChI=1S/C20H24N2O2/c1-6-7-8-10-21-15-12-13(2)14(3)16-17(15)22(19(24)18(21)23)11-9-20(16,4)5/h6-8,12H,1,9-11H2,2-5H3. The van der Waals surface area contributed by atoms with Gasteiger partial charge in [-0.25, -0.2) is 0 Å². The van der Waals surface area contributed by atoms with Gasteiger partial charge in [0, 0.05) is 13.1 Å². The summed E-state index contributed by atoms with van der Waals surface area (Å²) in [6.45, 7) is 13.2. The van der Waals surface area contributed by atoms with Crippen LogP contribution in [0.4, 0.5) is 0 Å². The van der Waals surface area contributed by atoms with Crippen LogP contribution in [-0.2, 0) is 18.5 Å². The molecule has 3 rings (SSSR count). The topological polar surface area (TPSA) is 44.0 Å². The molecule has 1 aliphatic rings. The molecule has 24 heavy (non-hydrogen) atoms. The van der Waals surface area contributed by atoms with Crippen molar-refractivity contribution in [2.45, 2.75) is 52.6 Å². The average molecular weight is 324 g/mol. The molecule has 2 aromatic rings. The lowest BCUT2D eigenvalue weighted by Gasteiger charge is -2.35. The third-order valence-electron chi connectivity index (χ3n) is 5.23. The largest absolute Gasteiger partial charge is 0.317 e. The second-order valence-electron chi connectivity index (χ2n) is 7.23. The fraction of sp³-hybridized carbons (Fsp3) is 0.400. The lowest BCUT2D eigenvalue weighted by atomic mass is 9.75. The first-order valence-corrected chi connectivity index (χ1v) is 8.35. The molecule has 0 atom stereocenters. The molecule has 2 heterocycles. The molecular weight excluding hydrogens is 300 g/mol. The Bertz CT molecular complexity index is 988. The maximum atomic E-state index is 12.6. The molecule has 1 aromatic heterocycles. The van der Waals surface area contributed by atoms with Crippen LogP contribution in [0.1, 0.15) is 37.0 Å². The van der Waals surface area contributed by atoms with Crippen LogP contribution in [0.3, 0.4) is 0 Å². The molecule has 126 valence electrons. The molecule has 4 heteroatoms. The van der Waals surface area contributed by atoms with Crippen molar-refractivity contribution in [2.75, 3.05) is 0 Å². The zero-order chi connectivity index (χ0) is 17.6. The summed E-state index contributed by atoms with van der Waals surface area (Å²) in [5.74, 6) is 0. The van der Waals surface area contributed by atoms with Gasteiger partial charge in [0.1, 0.15) is 0 Å². The molecular formula is C20H24N2O2. The van der Waals surface area contributed by atoms with E-state index in [-0.39, 0.29) is 5.41 Å². The summed E-state index contributed by atoms with van der Waals surface area (Å²) < 4.78 is 3.27. The Labute approximate surface area is 141 Å². The van der Waals surface area contributed by atoms with Gasteiger partial charge >= 0.3 is 11.1 Å². The predicted octanol–water partition coefficient (Wildman–Crippen LogP) is 3.20. The molecule has 0 unspecified atom stereocenters. The highest BCUT2D eigenvalue weighted by Gasteiger charge is 2.32. The Balaban J connectivity index is 2.51. The number of hydrogen-bond acceptors (Lipinski definition) is 2. The Morgan fingerprint density at radius 1 is 1.25 bits per heavy atom. The van der Waals surface area contributed by atoms with Crippen LogP contribution in [0.2, 0.25) is 0 Å². The smallest absolute Gasteiger partial charge is 0.302 e. The molecule has 0 saturated carbocycles. The highest BCUT2D eigenvalue weighted by atomic mass is 16.2. The van der Waals surface area contributed by atoms with Crippen LogP contribution in [0.15, 0.2) is 40.5 Å². The molecule has 1 aromatic carbocycles. The summed E-state index contributed by atoms with van der Waals surface area (Å²) in [4.78, 5) is 25.3. The maximum absolute atomic E-state index is 12.6. The predicted molar refractivity (Wildman–Crippen MR) is 98.9 cm³/mol. The fourth-order valence-electron chi connectivity index (χ4n) is 3.81. The van der Waals surface area contributed by atoms with E-state index in [4.69, 9.17) is 0 Å². The van der Waals surface area contributed by atoms with Gasteiger partial charge in [0.25, 0.3) is 0 Å². The van der Waals surface area contributed by atoms with Gasteiger partial charge in [0.2, 0.25) is 0 Å². The fourth-order valence-corrected chi connectivity index (χ4v) is 3.81. The van der Waals surface area contributed by atoms with E-state index in [9.17, 15) is 9.59 Å². The van der Waals surface area contributed by atoms with Crippen molar-refractivity contribution in [2.24, 2.45) is 0 Å². The van der Waals surface area contributed by atoms with Crippen LogP contribution < -0.4 is 11.1 Å². The molecule has 4 nitrogen and oxygen atoms in total. The van der Waals surface area contributed by atoms with Crippen molar-refractivity contribution >= 4 is 11.0 Å². The Hall–Kier alpha value is -2.36. The summed E-state index contributed by atoms with van der Waals surface area (Å²) in [5.41, 5.74) is 4.44. The molecule has 0 saturated heterocycles. The number of rotatable bonds is 3. The normalized spacial score (nSPS) is 16.0. The summed E-state index contributed by atoms with van der Waals surface area (Å²) >= 11 is 0. The number of nitrogens with zero attached hydrogens (tertiary/aromatic N) is 2. The third-order valence-corrected chi connectivity index (χ3v) is 5.23. The van der Waals surface area contributed by atoms with Crippen molar-refractivity contribution in [1.82, 2.24) is 9.13 Å².